The Kier molecular flexibility index (Phi) is 4.76. The zero-order valence-electron chi connectivity index (χ0n) is 10.3. The van der Waals surface area contributed by atoms with E-state index in [1.807, 2.05) is 0 Å². The van der Waals surface area contributed by atoms with Gasteiger partial charge in [-0.05, 0) is 32.8 Å². The topological polar surface area (TPSA) is 13.1 Å². The highest BCUT2D eigenvalue weighted by molar-refractivity contribution is 5.25. The van der Waals surface area contributed by atoms with Gasteiger partial charge in [-0.25, -0.2) is 0 Å². The van der Waals surface area contributed by atoms with Crippen LogP contribution >= 0.6 is 0 Å². The third-order valence-electron chi connectivity index (χ3n) is 2.78. The fraction of sp³-hybridized carbons (Fsp3) is 0.615. The molecule has 0 aliphatic rings. The summed E-state index contributed by atoms with van der Waals surface area (Å²) in [6.45, 7) is 10.1. The highest BCUT2D eigenvalue weighted by Crippen LogP contribution is 2.07. The molecule has 0 radical (unpaired) electrons. The molecular weight excluding hydrogens is 186 g/mol. The predicted molar refractivity (Wildman–Crippen MR) is 61.7 cm³/mol. The van der Waals surface area contributed by atoms with E-state index in [4.69, 9.17) is 4.74 Å². The molecule has 0 saturated heterocycles. The number of rotatable bonds is 5. The average molecular weight is 208 g/mol. The van der Waals surface area contributed by atoms with Crippen LogP contribution in [0.25, 0.3) is 0 Å². The SMILES string of the molecule is CCCCOC[n+]1cc(C)c(C)c(C)c1. The molecule has 1 aromatic heterocycles. The van der Waals surface area contributed by atoms with Crippen LogP contribution in [0.15, 0.2) is 12.4 Å². The largest absolute Gasteiger partial charge is 0.323 e. The molecular formula is C13H22NO+. The van der Waals surface area contributed by atoms with Gasteiger partial charge in [0, 0.05) is 11.1 Å². The maximum absolute atomic E-state index is 5.57. The number of pyridine rings is 1. The van der Waals surface area contributed by atoms with Gasteiger partial charge in [0.25, 0.3) is 6.73 Å². The maximum atomic E-state index is 5.57. The van der Waals surface area contributed by atoms with Gasteiger partial charge < -0.3 is 4.74 Å². The summed E-state index contributed by atoms with van der Waals surface area (Å²) >= 11 is 0. The van der Waals surface area contributed by atoms with Crippen LogP contribution in [0.4, 0.5) is 0 Å². The first-order valence-corrected chi connectivity index (χ1v) is 5.69. The molecule has 84 valence electrons. The van der Waals surface area contributed by atoms with E-state index in [0.29, 0.717) is 6.73 Å². The summed E-state index contributed by atoms with van der Waals surface area (Å²) < 4.78 is 7.69. The first-order chi connectivity index (χ1) is 7.15. The molecule has 1 rings (SSSR count). The van der Waals surface area contributed by atoms with Crippen molar-refractivity contribution in [3.05, 3.63) is 29.1 Å². The Morgan fingerprint density at radius 1 is 1.13 bits per heavy atom. The van der Waals surface area contributed by atoms with Crippen LogP contribution in [-0.2, 0) is 11.5 Å². The normalized spacial score (nSPS) is 10.7. The van der Waals surface area contributed by atoms with Crippen molar-refractivity contribution in [2.24, 2.45) is 0 Å². The summed E-state index contributed by atoms with van der Waals surface area (Å²) in [7, 11) is 0. The van der Waals surface area contributed by atoms with Gasteiger partial charge in [0.2, 0.25) is 0 Å². The molecule has 2 nitrogen and oxygen atoms in total. The molecule has 1 heterocycles. The van der Waals surface area contributed by atoms with Gasteiger partial charge in [-0.1, -0.05) is 13.3 Å². The van der Waals surface area contributed by atoms with Crippen LogP contribution in [-0.4, -0.2) is 6.61 Å². The minimum Gasteiger partial charge on any atom is -0.323 e. The lowest BCUT2D eigenvalue weighted by molar-refractivity contribution is -0.733. The first-order valence-electron chi connectivity index (χ1n) is 5.69. The van der Waals surface area contributed by atoms with E-state index in [-0.39, 0.29) is 0 Å². The second kappa shape index (κ2) is 5.86. The standard InChI is InChI=1S/C13H22NO/c1-5-6-7-15-10-14-8-11(2)13(4)12(3)9-14/h8-9H,5-7,10H2,1-4H3/q+1. The Balaban J connectivity index is 2.55. The molecule has 0 unspecified atom stereocenters. The molecule has 0 saturated carbocycles. The quantitative estimate of drug-likeness (QED) is 0.535. The lowest BCUT2D eigenvalue weighted by atomic mass is 10.1. The van der Waals surface area contributed by atoms with Crippen molar-refractivity contribution in [1.29, 1.82) is 0 Å². The fourth-order valence-corrected chi connectivity index (χ4v) is 1.53. The maximum Gasteiger partial charge on any atom is 0.252 e. The molecule has 1 aromatic rings. The van der Waals surface area contributed by atoms with Gasteiger partial charge in [-0.2, -0.15) is 4.57 Å². The average Bonchev–Trinajstić information content (AvgIpc) is 2.21. The number of unbranched alkanes of at least 4 members (excludes halogenated alkanes) is 1. The van der Waals surface area contributed by atoms with Crippen molar-refractivity contribution in [2.45, 2.75) is 47.3 Å². The Hall–Kier alpha value is -0.890. The molecule has 0 bridgehead atoms. The molecule has 0 aliphatic carbocycles. The van der Waals surface area contributed by atoms with Crippen LogP contribution in [0.5, 0.6) is 0 Å². The number of hydrogen-bond donors (Lipinski definition) is 0. The first kappa shape index (κ1) is 12.2. The molecule has 2 heteroatoms. The minimum absolute atomic E-state index is 0.669. The van der Waals surface area contributed by atoms with Crippen molar-refractivity contribution >= 4 is 0 Å². The Bertz CT molecular complexity index is 297. The summed E-state index contributed by atoms with van der Waals surface area (Å²) in [5.41, 5.74) is 4.03. The smallest absolute Gasteiger partial charge is 0.252 e. The molecule has 0 atom stereocenters. The molecule has 0 amide bonds. The van der Waals surface area contributed by atoms with Crippen molar-refractivity contribution in [1.82, 2.24) is 0 Å². The second-order valence-electron chi connectivity index (χ2n) is 4.15. The van der Waals surface area contributed by atoms with E-state index in [9.17, 15) is 0 Å². The van der Waals surface area contributed by atoms with Crippen LogP contribution in [0.3, 0.4) is 0 Å². The van der Waals surface area contributed by atoms with Crippen LogP contribution in [0.2, 0.25) is 0 Å². The van der Waals surface area contributed by atoms with E-state index >= 15 is 0 Å². The van der Waals surface area contributed by atoms with Crippen molar-refractivity contribution in [2.75, 3.05) is 6.61 Å². The zero-order chi connectivity index (χ0) is 11.3. The van der Waals surface area contributed by atoms with Crippen molar-refractivity contribution in [3.63, 3.8) is 0 Å². The van der Waals surface area contributed by atoms with Gasteiger partial charge in [0.15, 0.2) is 12.4 Å². The van der Waals surface area contributed by atoms with Gasteiger partial charge in [-0.3, -0.25) is 0 Å². The molecule has 0 fully saturated rings. The second-order valence-corrected chi connectivity index (χ2v) is 4.15. The molecule has 15 heavy (non-hydrogen) atoms. The van der Waals surface area contributed by atoms with Gasteiger partial charge in [-0.15, -0.1) is 0 Å². The van der Waals surface area contributed by atoms with Crippen LogP contribution in [0.1, 0.15) is 36.5 Å². The minimum atomic E-state index is 0.669. The number of hydrogen-bond acceptors (Lipinski definition) is 1. The molecule has 0 N–H and O–H groups in total. The summed E-state index contributed by atoms with van der Waals surface area (Å²) in [6, 6.07) is 0. The predicted octanol–water partition coefficient (Wildman–Crippen LogP) is 2.67. The van der Waals surface area contributed by atoms with E-state index < -0.39 is 0 Å². The summed E-state index contributed by atoms with van der Waals surface area (Å²) in [5.74, 6) is 0. The highest BCUT2D eigenvalue weighted by atomic mass is 16.5. The van der Waals surface area contributed by atoms with Gasteiger partial charge in [0.1, 0.15) is 0 Å². The molecule has 0 aromatic carbocycles. The lowest BCUT2D eigenvalue weighted by Gasteiger charge is -2.04. The van der Waals surface area contributed by atoms with Crippen molar-refractivity contribution in [3.8, 4) is 0 Å². The highest BCUT2D eigenvalue weighted by Gasteiger charge is 2.06. The van der Waals surface area contributed by atoms with Crippen LogP contribution in [0, 0.1) is 20.8 Å². The molecule has 0 spiro atoms. The number of aryl methyl sites for hydroxylation is 2. The van der Waals surface area contributed by atoms with E-state index in [1.165, 1.54) is 23.1 Å². The lowest BCUT2D eigenvalue weighted by Crippen LogP contribution is -2.35. The number of nitrogens with zero attached hydrogens (tertiary/aromatic N) is 1. The Morgan fingerprint density at radius 3 is 2.27 bits per heavy atom. The Labute approximate surface area is 92.9 Å². The van der Waals surface area contributed by atoms with E-state index in [1.54, 1.807) is 0 Å². The fourth-order valence-electron chi connectivity index (χ4n) is 1.53. The van der Waals surface area contributed by atoms with Crippen LogP contribution < -0.4 is 4.57 Å². The summed E-state index contributed by atoms with van der Waals surface area (Å²) in [6.07, 6.45) is 6.63. The molecule has 0 aliphatic heterocycles. The third-order valence-corrected chi connectivity index (χ3v) is 2.78. The number of ether oxygens (including phenoxy) is 1. The summed E-state index contributed by atoms with van der Waals surface area (Å²) in [5, 5.41) is 0. The van der Waals surface area contributed by atoms with Gasteiger partial charge >= 0.3 is 0 Å². The van der Waals surface area contributed by atoms with E-state index in [2.05, 4.69) is 44.7 Å². The van der Waals surface area contributed by atoms with E-state index in [0.717, 1.165) is 13.0 Å². The third kappa shape index (κ3) is 3.63. The van der Waals surface area contributed by atoms with Gasteiger partial charge in [0.05, 0.1) is 6.61 Å². The number of aromatic nitrogens is 1. The van der Waals surface area contributed by atoms with Crippen molar-refractivity contribution < 1.29 is 9.30 Å². The summed E-state index contributed by atoms with van der Waals surface area (Å²) in [4.78, 5) is 0. The Morgan fingerprint density at radius 2 is 1.73 bits per heavy atom. The monoisotopic (exact) mass is 208 g/mol. The zero-order valence-corrected chi connectivity index (χ0v) is 10.3.